The lowest BCUT2D eigenvalue weighted by Gasteiger charge is -2.32. The Morgan fingerprint density at radius 2 is 2.14 bits per heavy atom. The van der Waals surface area contributed by atoms with Crippen LogP contribution in [0.4, 0.5) is 0 Å². The first-order chi connectivity index (χ1) is 6.70. The molecule has 84 valence electrons. The van der Waals surface area contributed by atoms with Crippen LogP contribution in [0.25, 0.3) is 0 Å². The summed E-state index contributed by atoms with van der Waals surface area (Å²) < 4.78 is 5.25. The van der Waals surface area contributed by atoms with Crippen LogP contribution in [-0.2, 0) is 4.74 Å². The molecule has 2 atom stereocenters. The molecule has 0 saturated heterocycles. The number of nitrogens with zero attached hydrogens (tertiary/aromatic N) is 1. The van der Waals surface area contributed by atoms with Crippen LogP contribution < -0.4 is 5.32 Å². The molecule has 3 heteroatoms. The minimum Gasteiger partial charge on any atom is -0.383 e. The van der Waals surface area contributed by atoms with Gasteiger partial charge in [-0.1, -0.05) is 0 Å². The zero-order chi connectivity index (χ0) is 10.6. The van der Waals surface area contributed by atoms with Gasteiger partial charge >= 0.3 is 0 Å². The van der Waals surface area contributed by atoms with E-state index >= 15 is 0 Å². The SMILES string of the molecule is CNCC(COC)N(C)C(C)C1CC1. The van der Waals surface area contributed by atoms with Crippen molar-refractivity contribution in [2.45, 2.75) is 31.8 Å². The molecule has 1 aliphatic carbocycles. The van der Waals surface area contributed by atoms with Crippen LogP contribution in [0, 0.1) is 5.92 Å². The van der Waals surface area contributed by atoms with Crippen LogP contribution in [0.5, 0.6) is 0 Å². The van der Waals surface area contributed by atoms with E-state index in [1.807, 2.05) is 7.05 Å². The highest BCUT2D eigenvalue weighted by atomic mass is 16.5. The number of methoxy groups -OCH3 is 1. The van der Waals surface area contributed by atoms with Gasteiger partial charge in [0.2, 0.25) is 0 Å². The Balaban J connectivity index is 2.38. The maximum atomic E-state index is 5.25. The number of ether oxygens (including phenoxy) is 1. The van der Waals surface area contributed by atoms with Gasteiger partial charge in [0.1, 0.15) is 0 Å². The molecule has 2 unspecified atom stereocenters. The van der Waals surface area contributed by atoms with Crippen LogP contribution in [0.1, 0.15) is 19.8 Å². The zero-order valence-electron chi connectivity index (χ0n) is 9.92. The first-order valence-corrected chi connectivity index (χ1v) is 5.56. The average molecular weight is 200 g/mol. The molecule has 0 bridgehead atoms. The number of rotatable bonds is 7. The van der Waals surface area contributed by atoms with Gasteiger partial charge in [0, 0.05) is 25.7 Å². The second kappa shape index (κ2) is 5.69. The van der Waals surface area contributed by atoms with E-state index in [1.165, 1.54) is 12.8 Å². The van der Waals surface area contributed by atoms with E-state index in [1.54, 1.807) is 7.11 Å². The fourth-order valence-corrected chi connectivity index (χ4v) is 1.99. The van der Waals surface area contributed by atoms with E-state index in [0.29, 0.717) is 12.1 Å². The van der Waals surface area contributed by atoms with Crippen molar-refractivity contribution >= 4 is 0 Å². The smallest absolute Gasteiger partial charge is 0.0630 e. The molecule has 14 heavy (non-hydrogen) atoms. The second-order valence-corrected chi connectivity index (χ2v) is 4.41. The topological polar surface area (TPSA) is 24.5 Å². The standard InChI is InChI=1S/C11H24N2O/c1-9(10-5-6-10)13(3)11(7-12-2)8-14-4/h9-12H,5-8H2,1-4H3. The molecule has 1 saturated carbocycles. The van der Waals surface area contributed by atoms with Crippen LogP contribution in [0.15, 0.2) is 0 Å². The number of likely N-dealkylation sites (N-methyl/N-ethyl adjacent to an activating group) is 2. The third-order valence-electron chi connectivity index (χ3n) is 3.32. The Morgan fingerprint density at radius 3 is 2.57 bits per heavy atom. The Bertz CT molecular complexity index is 153. The van der Waals surface area contributed by atoms with E-state index in [-0.39, 0.29) is 0 Å². The minimum atomic E-state index is 0.501. The van der Waals surface area contributed by atoms with Gasteiger partial charge in [0.05, 0.1) is 6.61 Å². The second-order valence-electron chi connectivity index (χ2n) is 4.41. The van der Waals surface area contributed by atoms with Gasteiger partial charge in [-0.15, -0.1) is 0 Å². The van der Waals surface area contributed by atoms with Crippen molar-refractivity contribution in [3.05, 3.63) is 0 Å². The van der Waals surface area contributed by atoms with Crippen LogP contribution in [-0.4, -0.2) is 51.3 Å². The minimum absolute atomic E-state index is 0.501. The predicted molar refractivity (Wildman–Crippen MR) is 59.5 cm³/mol. The van der Waals surface area contributed by atoms with Crippen molar-refractivity contribution in [3.63, 3.8) is 0 Å². The molecule has 0 radical (unpaired) electrons. The fourth-order valence-electron chi connectivity index (χ4n) is 1.99. The largest absolute Gasteiger partial charge is 0.383 e. The summed E-state index contributed by atoms with van der Waals surface area (Å²) in [6.45, 7) is 4.14. The molecular weight excluding hydrogens is 176 g/mol. The summed E-state index contributed by atoms with van der Waals surface area (Å²) in [7, 11) is 5.99. The highest BCUT2D eigenvalue weighted by Crippen LogP contribution is 2.35. The fraction of sp³-hybridized carbons (Fsp3) is 1.00. The molecule has 0 amide bonds. The third-order valence-corrected chi connectivity index (χ3v) is 3.32. The normalized spacial score (nSPS) is 21.2. The Labute approximate surface area is 87.8 Å². The summed E-state index contributed by atoms with van der Waals surface area (Å²) in [5.74, 6) is 0.927. The summed E-state index contributed by atoms with van der Waals surface area (Å²) in [6.07, 6.45) is 2.82. The summed E-state index contributed by atoms with van der Waals surface area (Å²) in [5.41, 5.74) is 0. The number of nitrogens with one attached hydrogen (secondary N) is 1. The predicted octanol–water partition coefficient (Wildman–Crippen LogP) is 0.951. The lowest BCUT2D eigenvalue weighted by Crippen LogP contribution is -2.47. The van der Waals surface area contributed by atoms with Crippen molar-refractivity contribution in [2.75, 3.05) is 34.4 Å². The maximum Gasteiger partial charge on any atom is 0.0630 e. The van der Waals surface area contributed by atoms with E-state index < -0.39 is 0 Å². The van der Waals surface area contributed by atoms with E-state index in [0.717, 1.165) is 19.1 Å². The van der Waals surface area contributed by atoms with E-state index in [2.05, 4.69) is 24.2 Å². The van der Waals surface area contributed by atoms with Gasteiger partial charge in [-0.3, -0.25) is 4.90 Å². The van der Waals surface area contributed by atoms with Gasteiger partial charge in [0.15, 0.2) is 0 Å². The molecule has 1 fully saturated rings. The van der Waals surface area contributed by atoms with E-state index in [9.17, 15) is 0 Å². The van der Waals surface area contributed by atoms with Crippen molar-refractivity contribution in [3.8, 4) is 0 Å². The van der Waals surface area contributed by atoms with Gasteiger partial charge < -0.3 is 10.1 Å². The molecule has 0 aromatic rings. The van der Waals surface area contributed by atoms with Gasteiger partial charge in [0.25, 0.3) is 0 Å². The molecule has 0 heterocycles. The molecule has 1 rings (SSSR count). The lowest BCUT2D eigenvalue weighted by molar-refractivity contribution is 0.0787. The van der Waals surface area contributed by atoms with Crippen LogP contribution in [0.3, 0.4) is 0 Å². The first kappa shape index (κ1) is 12.0. The molecule has 0 aromatic heterocycles. The zero-order valence-corrected chi connectivity index (χ0v) is 9.92. The molecule has 0 aliphatic heterocycles. The first-order valence-electron chi connectivity index (χ1n) is 5.56. The maximum absolute atomic E-state index is 5.25. The van der Waals surface area contributed by atoms with E-state index in [4.69, 9.17) is 4.74 Å². The average Bonchev–Trinajstić information content (AvgIpc) is 2.98. The summed E-state index contributed by atoms with van der Waals surface area (Å²) in [4.78, 5) is 2.46. The summed E-state index contributed by atoms with van der Waals surface area (Å²) in [5, 5.41) is 3.23. The number of hydrogen-bond donors (Lipinski definition) is 1. The van der Waals surface area contributed by atoms with Crippen molar-refractivity contribution in [2.24, 2.45) is 5.92 Å². The third kappa shape index (κ3) is 3.23. The quantitative estimate of drug-likeness (QED) is 0.662. The highest BCUT2D eigenvalue weighted by molar-refractivity contribution is 4.87. The lowest BCUT2D eigenvalue weighted by atomic mass is 10.1. The Hall–Kier alpha value is -0.120. The molecular formula is C11H24N2O. The van der Waals surface area contributed by atoms with Crippen molar-refractivity contribution in [1.29, 1.82) is 0 Å². The highest BCUT2D eigenvalue weighted by Gasteiger charge is 2.32. The molecule has 1 N–H and O–H groups in total. The molecule has 3 nitrogen and oxygen atoms in total. The summed E-state index contributed by atoms with van der Waals surface area (Å²) >= 11 is 0. The molecule has 0 spiro atoms. The molecule has 0 aromatic carbocycles. The van der Waals surface area contributed by atoms with Crippen molar-refractivity contribution in [1.82, 2.24) is 10.2 Å². The number of hydrogen-bond acceptors (Lipinski definition) is 3. The van der Waals surface area contributed by atoms with Crippen molar-refractivity contribution < 1.29 is 4.74 Å². The van der Waals surface area contributed by atoms with Crippen LogP contribution in [0.2, 0.25) is 0 Å². The van der Waals surface area contributed by atoms with Gasteiger partial charge in [-0.25, -0.2) is 0 Å². The van der Waals surface area contributed by atoms with Crippen LogP contribution >= 0.6 is 0 Å². The Kier molecular flexibility index (Phi) is 4.85. The van der Waals surface area contributed by atoms with Gasteiger partial charge in [-0.05, 0) is 39.8 Å². The van der Waals surface area contributed by atoms with Gasteiger partial charge in [-0.2, -0.15) is 0 Å². The molecule has 1 aliphatic rings. The Morgan fingerprint density at radius 1 is 1.50 bits per heavy atom. The monoisotopic (exact) mass is 200 g/mol. The summed E-state index contributed by atoms with van der Waals surface area (Å²) in [6, 6.07) is 1.20.